The van der Waals surface area contributed by atoms with Crippen molar-refractivity contribution in [2.45, 2.75) is 24.8 Å². The Morgan fingerprint density at radius 2 is 2.22 bits per heavy atom. The number of amides is 1. The topological polar surface area (TPSA) is 79.8 Å². The van der Waals surface area contributed by atoms with Gasteiger partial charge in [0, 0.05) is 54.5 Å². The molecule has 0 unspecified atom stereocenters. The fraction of sp³-hybridized carbons (Fsp3) is 0.421. The first kappa shape index (κ1) is 16.7. The van der Waals surface area contributed by atoms with Crippen molar-refractivity contribution in [2.24, 2.45) is 5.92 Å². The van der Waals surface area contributed by atoms with Crippen LogP contribution in [0.2, 0.25) is 0 Å². The van der Waals surface area contributed by atoms with Gasteiger partial charge in [0.25, 0.3) is 5.56 Å². The molecule has 0 radical (unpaired) electrons. The van der Waals surface area contributed by atoms with Gasteiger partial charge < -0.3 is 14.6 Å². The Balaban J connectivity index is 1.41. The lowest BCUT2D eigenvalue weighted by Crippen LogP contribution is -2.52. The molecule has 3 aromatic heterocycles. The number of aromatic nitrogens is 3. The number of carbonyl (C=O) groups is 1. The summed E-state index contributed by atoms with van der Waals surface area (Å²) in [6.45, 7) is 1.09. The highest BCUT2D eigenvalue weighted by atomic mass is 32.1. The maximum Gasteiger partial charge on any atom is 0.251 e. The summed E-state index contributed by atoms with van der Waals surface area (Å²) < 4.78 is 3.67. The first-order chi connectivity index (χ1) is 13.1. The SMILES string of the molecule is O=C(Cc1cn2ccsc2n1)N1C[C@H]2C[C@@H](C1)[C@H](CO)n1c2cccc1=O. The summed E-state index contributed by atoms with van der Waals surface area (Å²) in [6, 6.07) is 4.99. The molecular formula is C19H20N4O3S. The lowest BCUT2D eigenvalue weighted by atomic mass is 9.78. The molecule has 2 bridgehead atoms. The van der Waals surface area contributed by atoms with Gasteiger partial charge >= 0.3 is 0 Å². The van der Waals surface area contributed by atoms with Crippen molar-refractivity contribution in [2.75, 3.05) is 19.7 Å². The van der Waals surface area contributed by atoms with E-state index in [1.807, 2.05) is 33.1 Å². The summed E-state index contributed by atoms with van der Waals surface area (Å²) in [5.74, 6) is 0.282. The van der Waals surface area contributed by atoms with Crippen LogP contribution in [-0.2, 0) is 11.2 Å². The molecule has 5 heterocycles. The van der Waals surface area contributed by atoms with Crippen LogP contribution in [0.3, 0.4) is 0 Å². The van der Waals surface area contributed by atoms with Gasteiger partial charge in [-0.3, -0.25) is 14.0 Å². The molecule has 3 atom stereocenters. The number of aliphatic hydroxyl groups is 1. The van der Waals surface area contributed by atoms with E-state index in [1.54, 1.807) is 28.0 Å². The van der Waals surface area contributed by atoms with Gasteiger partial charge in [-0.1, -0.05) is 6.07 Å². The highest BCUT2D eigenvalue weighted by molar-refractivity contribution is 7.15. The number of thiazole rings is 1. The number of carbonyl (C=O) groups excluding carboxylic acids is 1. The number of imidazole rings is 1. The van der Waals surface area contributed by atoms with Gasteiger partial charge in [-0.15, -0.1) is 11.3 Å². The first-order valence-electron chi connectivity index (χ1n) is 9.15. The van der Waals surface area contributed by atoms with Gasteiger partial charge in [-0.05, 0) is 12.5 Å². The second-order valence-electron chi connectivity index (χ2n) is 7.40. The molecular weight excluding hydrogens is 364 g/mol. The molecule has 140 valence electrons. The Hall–Kier alpha value is -2.45. The molecule has 0 aliphatic carbocycles. The second-order valence-corrected chi connectivity index (χ2v) is 8.28. The third-order valence-electron chi connectivity index (χ3n) is 5.81. The van der Waals surface area contributed by atoms with E-state index in [1.165, 1.54) is 0 Å². The van der Waals surface area contributed by atoms with Gasteiger partial charge in [0.2, 0.25) is 5.91 Å². The maximum absolute atomic E-state index is 12.9. The number of aliphatic hydroxyl groups excluding tert-OH is 1. The van der Waals surface area contributed by atoms with Crippen LogP contribution in [-0.4, -0.2) is 49.6 Å². The lowest BCUT2D eigenvalue weighted by Gasteiger charge is -2.46. The molecule has 3 aromatic rings. The zero-order valence-corrected chi connectivity index (χ0v) is 15.5. The van der Waals surface area contributed by atoms with E-state index in [0.29, 0.717) is 13.1 Å². The molecule has 27 heavy (non-hydrogen) atoms. The fourth-order valence-corrected chi connectivity index (χ4v) is 5.33. The van der Waals surface area contributed by atoms with Crippen LogP contribution in [0.1, 0.15) is 29.8 Å². The predicted octanol–water partition coefficient (Wildman–Crippen LogP) is 1.28. The van der Waals surface area contributed by atoms with E-state index in [-0.39, 0.29) is 42.4 Å². The summed E-state index contributed by atoms with van der Waals surface area (Å²) in [4.78, 5) is 32.5. The van der Waals surface area contributed by atoms with Crippen molar-refractivity contribution in [3.05, 3.63) is 57.7 Å². The number of hydrogen-bond donors (Lipinski definition) is 1. The van der Waals surface area contributed by atoms with E-state index in [9.17, 15) is 14.7 Å². The van der Waals surface area contributed by atoms with Gasteiger partial charge in [0.15, 0.2) is 4.96 Å². The van der Waals surface area contributed by atoms with Gasteiger partial charge in [0.1, 0.15) is 0 Å². The third kappa shape index (κ3) is 2.71. The molecule has 2 aliphatic rings. The molecule has 1 saturated heterocycles. The van der Waals surface area contributed by atoms with Gasteiger partial charge in [-0.25, -0.2) is 4.98 Å². The standard InChI is InChI=1S/C19H20N4O3S/c24-11-16-13-6-12(15-2-1-3-17(25)23(15)16)8-22(9-13)18(26)7-14-10-21-4-5-27-19(21)20-14/h1-5,10,12-13,16,24H,6-9,11H2/t12-,13+,16+/m1/s1. The van der Waals surface area contributed by atoms with E-state index in [4.69, 9.17) is 0 Å². The lowest BCUT2D eigenvalue weighted by molar-refractivity contribution is -0.133. The van der Waals surface area contributed by atoms with E-state index < -0.39 is 0 Å². The Labute approximate surface area is 159 Å². The summed E-state index contributed by atoms with van der Waals surface area (Å²) in [5.41, 5.74) is 1.63. The number of rotatable bonds is 3. The van der Waals surface area contributed by atoms with Gasteiger partial charge in [0.05, 0.1) is 24.8 Å². The Bertz CT molecular complexity index is 1040. The minimum absolute atomic E-state index is 0.0545. The molecule has 7 nitrogen and oxygen atoms in total. The zero-order valence-electron chi connectivity index (χ0n) is 14.7. The van der Waals surface area contributed by atoms with E-state index >= 15 is 0 Å². The highest BCUT2D eigenvalue weighted by Crippen LogP contribution is 2.40. The molecule has 2 aliphatic heterocycles. The number of piperidine rings is 1. The average Bonchev–Trinajstić information content (AvgIpc) is 3.24. The van der Waals surface area contributed by atoms with Crippen molar-refractivity contribution in [3.8, 4) is 0 Å². The summed E-state index contributed by atoms with van der Waals surface area (Å²) >= 11 is 1.55. The third-order valence-corrected chi connectivity index (χ3v) is 6.58. The van der Waals surface area contributed by atoms with Crippen molar-refractivity contribution in [1.82, 2.24) is 18.9 Å². The largest absolute Gasteiger partial charge is 0.394 e. The van der Waals surface area contributed by atoms with E-state index in [0.717, 1.165) is 22.8 Å². The molecule has 1 N–H and O–H groups in total. The van der Waals surface area contributed by atoms with Gasteiger partial charge in [-0.2, -0.15) is 0 Å². The van der Waals surface area contributed by atoms with Crippen molar-refractivity contribution < 1.29 is 9.90 Å². The minimum Gasteiger partial charge on any atom is -0.394 e. The van der Waals surface area contributed by atoms with Crippen LogP contribution in [0.5, 0.6) is 0 Å². The van der Waals surface area contributed by atoms with Crippen LogP contribution < -0.4 is 5.56 Å². The Kier molecular flexibility index (Phi) is 3.91. The van der Waals surface area contributed by atoms with Crippen molar-refractivity contribution >= 4 is 22.2 Å². The van der Waals surface area contributed by atoms with E-state index in [2.05, 4.69) is 4.98 Å². The van der Waals surface area contributed by atoms with Crippen LogP contribution in [0.4, 0.5) is 0 Å². The summed E-state index contributed by atoms with van der Waals surface area (Å²) in [6.07, 6.45) is 5.02. The second kappa shape index (κ2) is 6.31. The number of nitrogens with zero attached hydrogens (tertiary/aromatic N) is 4. The number of hydrogen-bond acceptors (Lipinski definition) is 5. The average molecular weight is 384 g/mol. The quantitative estimate of drug-likeness (QED) is 0.738. The monoisotopic (exact) mass is 384 g/mol. The summed E-state index contributed by atoms with van der Waals surface area (Å²) in [5, 5.41) is 11.9. The van der Waals surface area contributed by atoms with Crippen molar-refractivity contribution in [3.63, 3.8) is 0 Å². The first-order valence-corrected chi connectivity index (χ1v) is 10.0. The van der Waals surface area contributed by atoms with Crippen molar-refractivity contribution in [1.29, 1.82) is 0 Å². The normalized spacial score (nSPS) is 24.2. The maximum atomic E-state index is 12.9. The smallest absolute Gasteiger partial charge is 0.251 e. The van der Waals surface area contributed by atoms with Crippen LogP contribution in [0.15, 0.2) is 40.8 Å². The Morgan fingerprint density at radius 3 is 3.04 bits per heavy atom. The van der Waals surface area contributed by atoms with Crippen LogP contribution in [0.25, 0.3) is 4.96 Å². The number of likely N-dealkylation sites (tertiary alicyclic amines) is 1. The molecule has 5 rings (SSSR count). The van der Waals surface area contributed by atoms with Crippen LogP contribution in [0, 0.1) is 5.92 Å². The Morgan fingerprint density at radius 1 is 1.33 bits per heavy atom. The minimum atomic E-state index is -0.265. The fourth-order valence-electron chi connectivity index (χ4n) is 4.61. The van der Waals surface area contributed by atoms with Crippen LogP contribution >= 0.6 is 11.3 Å². The zero-order chi connectivity index (χ0) is 18.5. The molecule has 8 heteroatoms. The number of pyridine rings is 1. The molecule has 0 aromatic carbocycles. The number of fused-ring (bicyclic) bond motifs is 5. The summed E-state index contributed by atoms with van der Waals surface area (Å²) in [7, 11) is 0. The molecule has 1 fully saturated rings. The highest BCUT2D eigenvalue weighted by Gasteiger charge is 2.41. The molecule has 0 spiro atoms. The predicted molar refractivity (Wildman–Crippen MR) is 101 cm³/mol. The molecule has 1 amide bonds. The molecule has 0 saturated carbocycles.